The average Bonchev–Trinajstić information content (AvgIpc) is 3.30. The van der Waals surface area contributed by atoms with Gasteiger partial charge in [0, 0.05) is 32.7 Å². The fourth-order valence-electron chi connectivity index (χ4n) is 5.25. The van der Waals surface area contributed by atoms with Crippen LogP contribution in [0, 0.1) is 0 Å². The number of β-amino-alcohol motifs (C(OH)–C–C–N with tert-alkyl or cyclic N) is 2. The highest BCUT2D eigenvalue weighted by molar-refractivity contribution is 7.89. The number of hydrogen-bond donors (Lipinski definition) is 4. The van der Waals surface area contributed by atoms with Gasteiger partial charge in [0.1, 0.15) is 15.7 Å². The van der Waals surface area contributed by atoms with Crippen molar-refractivity contribution in [2.45, 2.75) is 43.3 Å². The molecule has 1 aromatic heterocycles. The highest BCUT2D eigenvalue weighted by Gasteiger charge is 2.33. The third-order valence-corrected chi connectivity index (χ3v) is 9.51. The van der Waals surface area contributed by atoms with Gasteiger partial charge in [-0.15, -0.1) is 0 Å². The lowest BCUT2D eigenvalue weighted by atomic mass is 10.0. The van der Waals surface area contributed by atoms with Crippen LogP contribution in [0.1, 0.15) is 24.5 Å². The Labute approximate surface area is 245 Å². The van der Waals surface area contributed by atoms with E-state index in [1.165, 1.54) is 27.7 Å². The Morgan fingerprint density at radius 2 is 1.85 bits per heavy atom. The number of sulfonamides is 1. The van der Waals surface area contributed by atoms with Crippen LogP contribution in [-0.2, 0) is 22.9 Å². The number of nitrogens with one attached hydrogen (secondary N) is 2. The number of methoxy groups -OCH3 is 1. The summed E-state index contributed by atoms with van der Waals surface area (Å²) in [6.45, 7) is 4.44. The number of aliphatic hydroxyl groups excluding tert-OH is 2. The molecule has 0 bridgehead atoms. The number of anilines is 4. The zero-order valence-electron chi connectivity index (χ0n) is 23.0. The predicted molar refractivity (Wildman–Crippen MR) is 158 cm³/mol. The fraction of sp³-hybridized carbons (Fsp3) is 0.429. The number of benzene rings is 2. The molecule has 1 saturated heterocycles. The van der Waals surface area contributed by atoms with Crippen LogP contribution >= 0.6 is 11.6 Å². The molecule has 13 heteroatoms. The lowest BCUT2D eigenvalue weighted by Crippen LogP contribution is -2.33. The van der Waals surface area contributed by atoms with Gasteiger partial charge in [-0.1, -0.05) is 23.7 Å². The van der Waals surface area contributed by atoms with Crippen LogP contribution in [0.3, 0.4) is 0 Å². The summed E-state index contributed by atoms with van der Waals surface area (Å²) in [5.74, 6) is 1.13. The summed E-state index contributed by atoms with van der Waals surface area (Å²) in [5, 5.41) is 26.2. The van der Waals surface area contributed by atoms with Gasteiger partial charge >= 0.3 is 0 Å². The third-order valence-electron chi connectivity index (χ3n) is 7.31. The van der Waals surface area contributed by atoms with Crippen LogP contribution in [0.4, 0.5) is 23.1 Å². The van der Waals surface area contributed by atoms with E-state index < -0.39 is 16.1 Å². The van der Waals surface area contributed by atoms with E-state index in [-0.39, 0.29) is 40.9 Å². The van der Waals surface area contributed by atoms with E-state index in [1.807, 2.05) is 12.1 Å². The minimum Gasteiger partial charge on any atom is -0.495 e. The number of aliphatic hydroxyl groups is 2. The van der Waals surface area contributed by atoms with Crippen LogP contribution < -0.4 is 15.4 Å². The number of fused-ring (bicyclic) bond motifs is 1. The molecule has 1 fully saturated rings. The van der Waals surface area contributed by atoms with E-state index in [0.29, 0.717) is 30.1 Å². The fourth-order valence-corrected chi connectivity index (χ4v) is 7.03. The lowest BCUT2D eigenvalue weighted by molar-refractivity contribution is 0.129. The highest BCUT2D eigenvalue weighted by Crippen LogP contribution is 2.34. The van der Waals surface area contributed by atoms with Crippen molar-refractivity contribution in [3.05, 3.63) is 58.7 Å². The topological polar surface area (TPSA) is 140 Å². The molecule has 0 amide bonds. The van der Waals surface area contributed by atoms with Gasteiger partial charge in [-0.3, -0.25) is 0 Å². The first-order valence-electron chi connectivity index (χ1n) is 13.6. The van der Waals surface area contributed by atoms with Gasteiger partial charge in [-0.25, -0.2) is 13.4 Å². The minimum absolute atomic E-state index is 0.0558. The molecule has 220 valence electrons. The molecule has 2 aliphatic rings. The maximum absolute atomic E-state index is 13.3. The van der Waals surface area contributed by atoms with E-state index >= 15 is 0 Å². The predicted octanol–water partition coefficient (Wildman–Crippen LogP) is 3.16. The van der Waals surface area contributed by atoms with Crippen molar-refractivity contribution < 1.29 is 23.4 Å². The smallest absolute Gasteiger partial charge is 0.245 e. The molecule has 0 radical (unpaired) electrons. The summed E-state index contributed by atoms with van der Waals surface area (Å²) >= 11 is 6.43. The van der Waals surface area contributed by atoms with Crippen molar-refractivity contribution in [2.75, 3.05) is 50.5 Å². The largest absolute Gasteiger partial charge is 0.495 e. The molecule has 5 rings (SSSR count). The number of rotatable bonds is 9. The van der Waals surface area contributed by atoms with Crippen molar-refractivity contribution in [1.29, 1.82) is 0 Å². The van der Waals surface area contributed by atoms with Crippen LogP contribution in [0.5, 0.6) is 5.75 Å². The molecule has 2 atom stereocenters. The summed E-state index contributed by atoms with van der Waals surface area (Å²) in [5.41, 5.74) is 3.38. The monoisotopic (exact) mass is 602 g/mol. The van der Waals surface area contributed by atoms with Crippen LogP contribution in [0.2, 0.25) is 5.02 Å². The Hall–Kier alpha value is -3.00. The molecular formula is C28H35ClN6O5S. The molecular weight excluding hydrogens is 568 g/mol. The third kappa shape index (κ3) is 6.74. The Morgan fingerprint density at radius 1 is 1.12 bits per heavy atom. The maximum Gasteiger partial charge on any atom is 0.245 e. The number of aromatic nitrogens is 2. The van der Waals surface area contributed by atoms with E-state index in [2.05, 4.69) is 25.5 Å². The van der Waals surface area contributed by atoms with Crippen molar-refractivity contribution in [3.8, 4) is 5.75 Å². The number of nitrogens with zero attached hydrogens (tertiary/aromatic N) is 4. The van der Waals surface area contributed by atoms with E-state index in [1.54, 1.807) is 32.2 Å². The molecule has 4 N–H and O–H groups in total. The number of hydrogen-bond acceptors (Lipinski definition) is 10. The Morgan fingerprint density at radius 3 is 2.54 bits per heavy atom. The first-order valence-corrected chi connectivity index (χ1v) is 15.4. The van der Waals surface area contributed by atoms with Crippen molar-refractivity contribution >= 4 is 44.8 Å². The standard InChI is InChI=1S/C28H35ClN6O5S/c1-18(36)16-34-10-7-19-13-24(25(40-2)14-20(19)8-11-34)32-28-30-15-22(29)27(33-28)31-23-5-3-4-6-26(23)41(38,39)35-12-9-21(37)17-35/h3-6,13-15,18,21,36-37H,7-12,16-17H2,1-2H3,(H2,30,31,32,33)/t18?,21-/m0/s1. The molecule has 1 unspecified atom stereocenters. The van der Waals surface area contributed by atoms with Gasteiger partial charge in [0.2, 0.25) is 16.0 Å². The Balaban J connectivity index is 1.39. The first kappa shape index (κ1) is 29.5. The van der Waals surface area contributed by atoms with Crippen molar-refractivity contribution in [3.63, 3.8) is 0 Å². The van der Waals surface area contributed by atoms with Crippen molar-refractivity contribution in [1.82, 2.24) is 19.2 Å². The SMILES string of the molecule is COc1cc2c(cc1Nc1ncc(Cl)c(Nc3ccccc3S(=O)(=O)N3CC[C@H](O)C3)n1)CCN(CC(C)O)CC2. The molecule has 0 saturated carbocycles. The van der Waals surface area contributed by atoms with Gasteiger partial charge < -0.3 is 30.5 Å². The Kier molecular flexibility index (Phi) is 8.97. The molecule has 2 aliphatic heterocycles. The molecule has 0 aliphatic carbocycles. The van der Waals surface area contributed by atoms with Gasteiger partial charge in [0.05, 0.1) is 36.9 Å². The summed E-state index contributed by atoms with van der Waals surface area (Å²) < 4.78 is 33.6. The minimum atomic E-state index is -3.85. The zero-order valence-corrected chi connectivity index (χ0v) is 24.6. The van der Waals surface area contributed by atoms with Crippen LogP contribution in [0.25, 0.3) is 0 Å². The second kappa shape index (κ2) is 12.5. The Bertz CT molecular complexity index is 1510. The summed E-state index contributed by atoms with van der Waals surface area (Å²) in [4.78, 5) is 11.2. The van der Waals surface area contributed by atoms with E-state index in [4.69, 9.17) is 16.3 Å². The maximum atomic E-state index is 13.3. The van der Waals surface area contributed by atoms with Gasteiger partial charge in [-0.05, 0) is 61.6 Å². The molecule has 3 heterocycles. The van der Waals surface area contributed by atoms with Gasteiger partial charge in [0.25, 0.3) is 0 Å². The molecule has 41 heavy (non-hydrogen) atoms. The van der Waals surface area contributed by atoms with Gasteiger partial charge in [0.15, 0.2) is 5.82 Å². The van der Waals surface area contributed by atoms with Crippen molar-refractivity contribution in [2.24, 2.45) is 0 Å². The molecule has 0 spiro atoms. The van der Waals surface area contributed by atoms with Gasteiger partial charge in [-0.2, -0.15) is 9.29 Å². The summed E-state index contributed by atoms with van der Waals surface area (Å²) in [6, 6.07) is 10.6. The molecule has 3 aromatic rings. The summed E-state index contributed by atoms with van der Waals surface area (Å²) in [6.07, 6.45) is 2.46. The number of halogens is 1. The van der Waals surface area contributed by atoms with Crippen LogP contribution in [-0.4, -0.2) is 89.8 Å². The summed E-state index contributed by atoms with van der Waals surface area (Å²) in [7, 11) is -2.24. The average molecular weight is 603 g/mol. The van der Waals surface area contributed by atoms with E-state index in [0.717, 1.165) is 25.9 Å². The lowest BCUT2D eigenvalue weighted by Gasteiger charge is -2.20. The molecule has 2 aromatic carbocycles. The van der Waals surface area contributed by atoms with Crippen LogP contribution in [0.15, 0.2) is 47.5 Å². The number of ether oxygens (including phenoxy) is 1. The highest BCUT2D eigenvalue weighted by atomic mass is 35.5. The second-order valence-electron chi connectivity index (χ2n) is 10.4. The molecule has 11 nitrogen and oxygen atoms in total. The second-order valence-corrected chi connectivity index (χ2v) is 12.7. The first-order chi connectivity index (χ1) is 19.6. The normalized spacial score (nSPS) is 18.9. The zero-order chi connectivity index (χ0) is 29.1. The van der Waals surface area contributed by atoms with E-state index in [9.17, 15) is 18.6 Å². The number of para-hydroxylation sites is 1. The quantitative estimate of drug-likeness (QED) is 0.289.